The second-order valence-electron chi connectivity index (χ2n) is 7.55. The third-order valence-electron chi connectivity index (χ3n) is 5.00. The van der Waals surface area contributed by atoms with Crippen LogP contribution in [0.3, 0.4) is 0 Å². The SMILES string of the molecule is CCNC(=NCc1ccc(S(C)(=O)=O)c(C)c1)NCC1CCN(S(C)(=O)=O)CC1. The minimum Gasteiger partial charge on any atom is -0.357 e. The summed E-state index contributed by atoms with van der Waals surface area (Å²) in [4.78, 5) is 4.94. The van der Waals surface area contributed by atoms with Crippen molar-refractivity contribution in [3.63, 3.8) is 0 Å². The van der Waals surface area contributed by atoms with Crippen LogP contribution in [0.15, 0.2) is 28.1 Å². The first-order valence-electron chi connectivity index (χ1n) is 9.77. The van der Waals surface area contributed by atoms with Crippen molar-refractivity contribution in [1.82, 2.24) is 14.9 Å². The Kier molecular flexibility index (Phi) is 8.07. The molecule has 0 radical (unpaired) electrons. The molecule has 1 aliphatic rings. The standard InChI is InChI=1S/C19H32N4O4S2/c1-5-20-19(21-13-16-8-10-23(11-9-16)29(4,26)27)22-14-17-6-7-18(15(2)12-17)28(3,24)25/h6-7,12,16H,5,8-11,13-14H2,1-4H3,(H2,20,21,22). The topological polar surface area (TPSA) is 108 Å². The monoisotopic (exact) mass is 444 g/mol. The second kappa shape index (κ2) is 9.90. The molecule has 164 valence electrons. The van der Waals surface area contributed by atoms with E-state index in [0.717, 1.165) is 37.1 Å². The van der Waals surface area contributed by atoms with Crippen LogP contribution in [0.25, 0.3) is 0 Å². The number of sulfone groups is 1. The van der Waals surface area contributed by atoms with E-state index in [-0.39, 0.29) is 0 Å². The lowest BCUT2D eigenvalue weighted by atomic mass is 9.98. The summed E-state index contributed by atoms with van der Waals surface area (Å²) in [7, 11) is -6.33. The molecule has 1 heterocycles. The van der Waals surface area contributed by atoms with Gasteiger partial charge in [0, 0.05) is 32.4 Å². The Morgan fingerprint density at radius 2 is 1.79 bits per heavy atom. The lowest BCUT2D eigenvalue weighted by Crippen LogP contribution is -2.44. The van der Waals surface area contributed by atoms with Gasteiger partial charge in [0.1, 0.15) is 0 Å². The van der Waals surface area contributed by atoms with Crippen LogP contribution in [0.1, 0.15) is 30.9 Å². The predicted molar refractivity (Wildman–Crippen MR) is 116 cm³/mol. The first-order chi connectivity index (χ1) is 13.5. The molecule has 0 spiro atoms. The minimum atomic E-state index is -3.23. The van der Waals surface area contributed by atoms with Crippen molar-refractivity contribution in [2.24, 2.45) is 10.9 Å². The third kappa shape index (κ3) is 7.27. The van der Waals surface area contributed by atoms with E-state index >= 15 is 0 Å². The van der Waals surface area contributed by atoms with E-state index in [1.807, 2.05) is 13.0 Å². The van der Waals surface area contributed by atoms with Crippen LogP contribution in [-0.2, 0) is 26.4 Å². The molecule has 0 unspecified atom stereocenters. The maximum Gasteiger partial charge on any atom is 0.211 e. The number of benzene rings is 1. The first-order valence-corrected chi connectivity index (χ1v) is 13.5. The van der Waals surface area contributed by atoms with Crippen molar-refractivity contribution in [2.45, 2.75) is 38.1 Å². The lowest BCUT2D eigenvalue weighted by molar-refractivity contribution is 0.275. The van der Waals surface area contributed by atoms with Crippen molar-refractivity contribution in [2.75, 3.05) is 38.7 Å². The molecule has 0 aliphatic carbocycles. The highest BCUT2D eigenvalue weighted by molar-refractivity contribution is 7.90. The Morgan fingerprint density at radius 3 is 2.31 bits per heavy atom. The summed E-state index contributed by atoms with van der Waals surface area (Å²) in [5.41, 5.74) is 1.66. The molecule has 29 heavy (non-hydrogen) atoms. The number of rotatable bonds is 7. The Bertz CT molecular complexity index is 935. The van der Waals surface area contributed by atoms with Gasteiger partial charge in [-0.3, -0.25) is 0 Å². The number of aryl methyl sites for hydroxylation is 1. The van der Waals surface area contributed by atoms with Crippen LogP contribution in [-0.4, -0.2) is 65.8 Å². The molecule has 0 bridgehead atoms. The van der Waals surface area contributed by atoms with Gasteiger partial charge in [-0.15, -0.1) is 0 Å². The summed E-state index contributed by atoms with van der Waals surface area (Å²) in [6.45, 7) is 6.80. The molecule has 1 aromatic rings. The zero-order valence-electron chi connectivity index (χ0n) is 17.6. The van der Waals surface area contributed by atoms with E-state index in [2.05, 4.69) is 15.6 Å². The molecular formula is C19H32N4O4S2. The van der Waals surface area contributed by atoms with Crippen LogP contribution in [0.4, 0.5) is 0 Å². The maximum absolute atomic E-state index is 11.7. The highest BCUT2D eigenvalue weighted by Gasteiger charge is 2.24. The van der Waals surface area contributed by atoms with Crippen molar-refractivity contribution in [3.8, 4) is 0 Å². The molecule has 2 rings (SSSR count). The Labute approximate surface area is 174 Å². The fraction of sp³-hybridized carbons (Fsp3) is 0.632. The highest BCUT2D eigenvalue weighted by atomic mass is 32.2. The fourth-order valence-corrected chi connectivity index (χ4v) is 5.26. The maximum atomic E-state index is 11.7. The summed E-state index contributed by atoms with van der Waals surface area (Å²) in [6, 6.07) is 5.27. The molecule has 2 N–H and O–H groups in total. The number of hydrogen-bond acceptors (Lipinski definition) is 5. The van der Waals surface area contributed by atoms with Crippen LogP contribution in [0.5, 0.6) is 0 Å². The van der Waals surface area contributed by atoms with Gasteiger partial charge in [-0.1, -0.05) is 12.1 Å². The highest BCUT2D eigenvalue weighted by Crippen LogP contribution is 2.19. The van der Waals surface area contributed by atoms with Gasteiger partial charge in [0.2, 0.25) is 10.0 Å². The van der Waals surface area contributed by atoms with E-state index in [1.165, 1.54) is 16.8 Å². The van der Waals surface area contributed by atoms with E-state index in [1.54, 1.807) is 19.1 Å². The van der Waals surface area contributed by atoms with Gasteiger partial charge in [-0.2, -0.15) is 0 Å². The molecule has 0 amide bonds. The van der Waals surface area contributed by atoms with Gasteiger partial charge < -0.3 is 10.6 Å². The van der Waals surface area contributed by atoms with Gasteiger partial charge in [-0.05, 0) is 49.8 Å². The number of piperidine rings is 1. The predicted octanol–water partition coefficient (Wildman–Crippen LogP) is 1.13. The lowest BCUT2D eigenvalue weighted by Gasteiger charge is -2.30. The average Bonchev–Trinajstić information content (AvgIpc) is 2.62. The van der Waals surface area contributed by atoms with Crippen molar-refractivity contribution < 1.29 is 16.8 Å². The van der Waals surface area contributed by atoms with Crippen molar-refractivity contribution >= 4 is 25.8 Å². The molecular weight excluding hydrogens is 412 g/mol. The summed E-state index contributed by atoms with van der Waals surface area (Å²) >= 11 is 0. The molecule has 10 heteroatoms. The third-order valence-corrected chi connectivity index (χ3v) is 7.56. The second-order valence-corrected chi connectivity index (χ2v) is 11.5. The number of nitrogens with zero attached hydrogens (tertiary/aromatic N) is 2. The van der Waals surface area contributed by atoms with Crippen LogP contribution in [0.2, 0.25) is 0 Å². The summed E-state index contributed by atoms with van der Waals surface area (Å²) < 4.78 is 48.2. The average molecular weight is 445 g/mol. The molecule has 1 aromatic carbocycles. The van der Waals surface area contributed by atoms with E-state index in [9.17, 15) is 16.8 Å². The smallest absolute Gasteiger partial charge is 0.211 e. The number of hydrogen-bond donors (Lipinski definition) is 2. The normalized spacial score (nSPS) is 17.3. The van der Waals surface area contributed by atoms with Crippen LogP contribution < -0.4 is 10.6 Å². The van der Waals surface area contributed by atoms with Gasteiger partial charge in [0.15, 0.2) is 15.8 Å². The van der Waals surface area contributed by atoms with Crippen molar-refractivity contribution in [3.05, 3.63) is 29.3 Å². The zero-order chi connectivity index (χ0) is 21.7. The molecule has 1 saturated heterocycles. The van der Waals surface area contributed by atoms with Gasteiger partial charge in [0.25, 0.3) is 0 Å². The largest absolute Gasteiger partial charge is 0.357 e. The van der Waals surface area contributed by atoms with Gasteiger partial charge in [-0.25, -0.2) is 26.1 Å². The summed E-state index contributed by atoms with van der Waals surface area (Å²) in [6.07, 6.45) is 4.11. The van der Waals surface area contributed by atoms with Crippen LogP contribution in [0, 0.1) is 12.8 Å². The van der Waals surface area contributed by atoms with E-state index < -0.39 is 19.9 Å². The van der Waals surface area contributed by atoms with E-state index in [4.69, 9.17) is 0 Å². The first kappa shape index (κ1) is 23.6. The minimum absolute atomic E-state index is 0.343. The van der Waals surface area contributed by atoms with Gasteiger partial charge in [0.05, 0.1) is 17.7 Å². The fourth-order valence-electron chi connectivity index (χ4n) is 3.42. The Balaban J connectivity index is 1.94. The molecule has 1 fully saturated rings. The molecule has 0 saturated carbocycles. The molecule has 1 aliphatic heterocycles. The Hall–Kier alpha value is -1.65. The molecule has 8 nitrogen and oxygen atoms in total. The quantitative estimate of drug-likeness (QED) is 0.482. The van der Waals surface area contributed by atoms with Crippen molar-refractivity contribution in [1.29, 1.82) is 0 Å². The number of aliphatic imine (C=N–C) groups is 1. The number of guanidine groups is 1. The van der Waals surface area contributed by atoms with E-state index in [0.29, 0.717) is 36.4 Å². The Morgan fingerprint density at radius 1 is 1.14 bits per heavy atom. The summed E-state index contributed by atoms with van der Waals surface area (Å²) in [5, 5.41) is 6.55. The number of sulfonamides is 1. The zero-order valence-corrected chi connectivity index (χ0v) is 19.2. The van der Waals surface area contributed by atoms with Crippen LogP contribution >= 0.6 is 0 Å². The molecule has 0 aromatic heterocycles. The molecule has 0 atom stereocenters. The summed E-state index contributed by atoms with van der Waals surface area (Å²) in [5.74, 6) is 1.09. The van der Waals surface area contributed by atoms with Gasteiger partial charge >= 0.3 is 0 Å². The number of nitrogens with one attached hydrogen (secondary N) is 2.